The molecule has 106 valence electrons. The van der Waals surface area contributed by atoms with Crippen LogP contribution in [0.2, 0.25) is 5.02 Å². The summed E-state index contributed by atoms with van der Waals surface area (Å²) < 4.78 is 4.95. The molecule has 0 spiro atoms. The molecule has 0 radical (unpaired) electrons. The molecular formula is C13H19ClN2O2S. The van der Waals surface area contributed by atoms with Crippen LogP contribution in [0.3, 0.4) is 0 Å². The number of carbonyl (C=O) groups excluding carboxylic acids is 1. The van der Waals surface area contributed by atoms with E-state index in [9.17, 15) is 4.79 Å². The third kappa shape index (κ3) is 6.71. The van der Waals surface area contributed by atoms with E-state index in [1.807, 2.05) is 0 Å². The van der Waals surface area contributed by atoms with Crippen molar-refractivity contribution >= 4 is 40.6 Å². The van der Waals surface area contributed by atoms with E-state index >= 15 is 0 Å². The number of hydrogen-bond acceptors (Lipinski definition) is 4. The van der Waals surface area contributed by atoms with Crippen molar-refractivity contribution in [2.45, 2.75) is 12.8 Å². The lowest BCUT2D eigenvalue weighted by Crippen LogP contribution is -2.13. The van der Waals surface area contributed by atoms with Crippen molar-refractivity contribution in [3.8, 4) is 0 Å². The molecule has 0 saturated heterocycles. The summed E-state index contributed by atoms with van der Waals surface area (Å²) >= 11 is 7.54. The molecule has 1 amide bonds. The number of amides is 1. The third-order valence-electron chi connectivity index (χ3n) is 2.40. The van der Waals surface area contributed by atoms with Crippen molar-refractivity contribution in [3.63, 3.8) is 0 Å². The van der Waals surface area contributed by atoms with Gasteiger partial charge < -0.3 is 15.8 Å². The Bertz CT molecular complexity index is 416. The summed E-state index contributed by atoms with van der Waals surface area (Å²) in [6.07, 6.45) is 1.48. The molecule has 1 aromatic carbocycles. The fourth-order valence-electron chi connectivity index (χ4n) is 1.43. The first-order valence-corrected chi connectivity index (χ1v) is 7.58. The van der Waals surface area contributed by atoms with E-state index in [2.05, 4.69) is 5.32 Å². The fraction of sp³-hybridized carbons (Fsp3) is 0.462. The highest BCUT2D eigenvalue weighted by atomic mass is 35.5. The number of nitrogen functional groups attached to an aromatic ring is 1. The van der Waals surface area contributed by atoms with Gasteiger partial charge in [-0.25, -0.2) is 0 Å². The number of carbonyl (C=O) groups is 1. The van der Waals surface area contributed by atoms with E-state index in [4.69, 9.17) is 22.1 Å². The van der Waals surface area contributed by atoms with Crippen LogP contribution >= 0.6 is 23.4 Å². The van der Waals surface area contributed by atoms with Gasteiger partial charge in [0.05, 0.1) is 11.4 Å². The maximum Gasteiger partial charge on any atom is 0.225 e. The average molecular weight is 303 g/mol. The second kappa shape index (κ2) is 9.07. The molecule has 0 aliphatic rings. The van der Waals surface area contributed by atoms with Gasteiger partial charge in [0.25, 0.3) is 0 Å². The van der Waals surface area contributed by atoms with Crippen molar-refractivity contribution in [3.05, 3.63) is 23.2 Å². The van der Waals surface area contributed by atoms with Crippen LogP contribution in [0.5, 0.6) is 0 Å². The van der Waals surface area contributed by atoms with Crippen molar-refractivity contribution in [1.29, 1.82) is 0 Å². The molecule has 19 heavy (non-hydrogen) atoms. The molecule has 4 nitrogen and oxygen atoms in total. The standard InChI is InChI=1S/C13H19ClN2O2S/c1-18-6-2-7-19-8-5-13(17)16-12-4-3-10(14)9-11(12)15/h3-4,9H,2,5-8,15H2,1H3,(H,16,17). The molecule has 0 unspecified atom stereocenters. The first-order chi connectivity index (χ1) is 9.13. The first-order valence-electron chi connectivity index (χ1n) is 6.05. The summed E-state index contributed by atoms with van der Waals surface area (Å²) in [7, 11) is 1.69. The van der Waals surface area contributed by atoms with Gasteiger partial charge in [0, 0.05) is 30.9 Å². The largest absolute Gasteiger partial charge is 0.397 e. The second-order valence-corrected chi connectivity index (χ2v) is 5.65. The van der Waals surface area contributed by atoms with Crippen LogP contribution in [-0.4, -0.2) is 31.1 Å². The molecular weight excluding hydrogens is 284 g/mol. The Morgan fingerprint density at radius 3 is 2.95 bits per heavy atom. The van der Waals surface area contributed by atoms with Crippen molar-refractivity contribution in [2.75, 3.05) is 36.3 Å². The fourth-order valence-corrected chi connectivity index (χ4v) is 2.47. The molecule has 0 aliphatic heterocycles. The van der Waals surface area contributed by atoms with E-state index in [1.54, 1.807) is 37.1 Å². The Balaban J connectivity index is 2.23. The summed E-state index contributed by atoms with van der Waals surface area (Å²) in [4.78, 5) is 11.7. The Hall–Kier alpha value is -0.910. The smallest absolute Gasteiger partial charge is 0.225 e. The highest BCUT2D eigenvalue weighted by Gasteiger charge is 2.05. The van der Waals surface area contributed by atoms with Crippen LogP contribution in [0, 0.1) is 0 Å². The predicted octanol–water partition coefficient (Wildman–Crippen LogP) is 3.02. The number of methoxy groups -OCH3 is 1. The monoisotopic (exact) mass is 302 g/mol. The lowest BCUT2D eigenvalue weighted by molar-refractivity contribution is -0.115. The highest BCUT2D eigenvalue weighted by molar-refractivity contribution is 7.99. The van der Waals surface area contributed by atoms with Crippen LogP contribution in [0.4, 0.5) is 11.4 Å². The van der Waals surface area contributed by atoms with Gasteiger partial charge in [-0.2, -0.15) is 11.8 Å². The predicted molar refractivity (Wildman–Crippen MR) is 82.9 cm³/mol. The molecule has 0 aliphatic carbocycles. The van der Waals surface area contributed by atoms with Crippen LogP contribution in [0.1, 0.15) is 12.8 Å². The van der Waals surface area contributed by atoms with E-state index in [-0.39, 0.29) is 5.91 Å². The number of thioether (sulfide) groups is 1. The van der Waals surface area contributed by atoms with Crippen molar-refractivity contribution in [1.82, 2.24) is 0 Å². The lowest BCUT2D eigenvalue weighted by atomic mass is 10.2. The minimum atomic E-state index is -0.0340. The molecule has 0 fully saturated rings. The Kier molecular flexibility index (Phi) is 7.70. The van der Waals surface area contributed by atoms with E-state index in [0.717, 1.165) is 24.5 Å². The molecule has 0 saturated carbocycles. The molecule has 6 heteroatoms. The molecule has 1 aromatic rings. The third-order valence-corrected chi connectivity index (χ3v) is 3.70. The van der Waals surface area contributed by atoms with Gasteiger partial charge in [0.2, 0.25) is 5.91 Å². The van der Waals surface area contributed by atoms with Gasteiger partial charge in [-0.05, 0) is 30.4 Å². The summed E-state index contributed by atoms with van der Waals surface area (Å²) in [5.41, 5.74) is 6.85. The van der Waals surface area contributed by atoms with Crippen LogP contribution in [0.25, 0.3) is 0 Å². The van der Waals surface area contributed by atoms with Gasteiger partial charge >= 0.3 is 0 Å². The highest BCUT2D eigenvalue weighted by Crippen LogP contribution is 2.22. The summed E-state index contributed by atoms with van der Waals surface area (Å²) in [6.45, 7) is 0.764. The Morgan fingerprint density at radius 2 is 2.26 bits per heavy atom. The van der Waals surface area contributed by atoms with Gasteiger partial charge in [-0.1, -0.05) is 11.6 Å². The number of nitrogens with two attached hydrogens (primary N) is 1. The number of rotatable bonds is 8. The van der Waals surface area contributed by atoms with E-state index in [1.165, 1.54) is 0 Å². The minimum Gasteiger partial charge on any atom is -0.397 e. The van der Waals surface area contributed by atoms with Gasteiger partial charge in [0.15, 0.2) is 0 Å². The van der Waals surface area contributed by atoms with E-state index in [0.29, 0.717) is 22.8 Å². The zero-order valence-corrected chi connectivity index (χ0v) is 12.5. The Labute approximate surface area is 123 Å². The second-order valence-electron chi connectivity index (χ2n) is 3.99. The zero-order valence-electron chi connectivity index (χ0n) is 10.9. The number of ether oxygens (including phenoxy) is 1. The maximum atomic E-state index is 11.7. The number of anilines is 2. The lowest BCUT2D eigenvalue weighted by Gasteiger charge is -2.08. The van der Waals surface area contributed by atoms with Gasteiger partial charge in [-0.15, -0.1) is 0 Å². The molecule has 0 aromatic heterocycles. The van der Waals surface area contributed by atoms with Crippen molar-refractivity contribution in [2.24, 2.45) is 0 Å². The number of hydrogen-bond donors (Lipinski definition) is 2. The zero-order chi connectivity index (χ0) is 14.1. The van der Waals surface area contributed by atoms with Gasteiger partial charge in [0.1, 0.15) is 0 Å². The topological polar surface area (TPSA) is 64.3 Å². The molecule has 0 heterocycles. The van der Waals surface area contributed by atoms with E-state index < -0.39 is 0 Å². The number of nitrogens with one attached hydrogen (secondary N) is 1. The first kappa shape index (κ1) is 16.1. The van der Waals surface area contributed by atoms with Crippen LogP contribution in [0.15, 0.2) is 18.2 Å². The SMILES string of the molecule is COCCCSCCC(=O)Nc1ccc(Cl)cc1N. The molecule has 1 rings (SSSR count). The number of halogens is 1. The summed E-state index contributed by atoms with van der Waals surface area (Å²) in [5, 5.41) is 3.34. The maximum absolute atomic E-state index is 11.7. The summed E-state index contributed by atoms with van der Waals surface area (Å²) in [5.74, 6) is 1.76. The summed E-state index contributed by atoms with van der Waals surface area (Å²) in [6, 6.07) is 5.03. The minimum absolute atomic E-state index is 0.0340. The average Bonchev–Trinajstić information content (AvgIpc) is 2.37. The van der Waals surface area contributed by atoms with Crippen molar-refractivity contribution < 1.29 is 9.53 Å². The number of benzene rings is 1. The van der Waals surface area contributed by atoms with Gasteiger partial charge in [-0.3, -0.25) is 4.79 Å². The van der Waals surface area contributed by atoms with Crippen LogP contribution < -0.4 is 11.1 Å². The normalized spacial score (nSPS) is 10.4. The quantitative estimate of drug-likeness (QED) is 0.572. The van der Waals surface area contributed by atoms with Crippen LogP contribution in [-0.2, 0) is 9.53 Å². The molecule has 0 bridgehead atoms. The molecule has 0 atom stereocenters. The Morgan fingerprint density at radius 1 is 1.47 bits per heavy atom. The molecule has 3 N–H and O–H groups in total.